The first-order chi connectivity index (χ1) is 9.18. The quantitative estimate of drug-likeness (QED) is 0.387. The van der Waals surface area contributed by atoms with Gasteiger partial charge in [-0.2, -0.15) is 0 Å². The Hall–Kier alpha value is -0.830. The first-order valence-electron chi connectivity index (χ1n) is 7.74. The number of allylic oxidation sites excluding steroid dienone is 2. The van der Waals surface area contributed by atoms with Gasteiger partial charge in [-0.15, -0.1) is 0 Å². The first-order valence-corrected chi connectivity index (χ1v) is 7.74. The fraction of sp³-hybridized carbons (Fsp3) is 0.812. The lowest BCUT2D eigenvalue weighted by molar-refractivity contribution is -0.146. The van der Waals surface area contributed by atoms with Crippen LogP contribution in [0.1, 0.15) is 77.6 Å². The van der Waals surface area contributed by atoms with Gasteiger partial charge in [0.1, 0.15) is 0 Å². The smallest absolute Gasteiger partial charge is 0.332 e. The molecule has 3 nitrogen and oxygen atoms in total. The molecular formula is C16H30O3. The van der Waals surface area contributed by atoms with Crippen LogP contribution in [-0.2, 0) is 4.79 Å². The highest BCUT2D eigenvalue weighted by atomic mass is 16.4. The van der Waals surface area contributed by atoms with Crippen LogP contribution >= 0.6 is 0 Å². The lowest BCUT2D eigenvalue weighted by Gasteiger charge is -2.04. The predicted octanol–water partition coefficient (Wildman–Crippen LogP) is 4.30. The molecule has 112 valence electrons. The number of hydrogen-bond donors (Lipinski definition) is 2. The number of unbranched alkanes of at least 4 members (excludes halogenated alkanes) is 8. The Labute approximate surface area is 117 Å². The highest BCUT2D eigenvalue weighted by Crippen LogP contribution is 2.09. The van der Waals surface area contributed by atoms with Gasteiger partial charge in [-0.25, -0.2) is 4.79 Å². The molecule has 0 amide bonds. The van der Waals surface area contributed by atoms with E-state index in [1.807, 2.05) is 0 Å². The van der Waals surface area contributed by atoms with E-state index >= 15 is 0 Å². The molecule has 0 radical (unpaired) electrons. The molecule has 1 unspecified atom stereocenters. The van der Waals surface area contributed by atoms with E-state index in [1.165, 1.54) is 32.1 Å². The Bertz CT molecular complexity index is 236. The van der Waals surface area contributed by atoms with Gasteiger partial charge in [0.25, 0.3) is 0 Å². The Morgan fingerprint density at radius 2 is 1.47 bits per heavy atom. The van der Waals surface area contributed by atoms with Gasteiger partial charge in [0, 0.05) is 0 Å². The zero-order valence-corrected chi connectivity index (χ0v) is 12.3. The predicted molar refractivity (Wildman–Crippen MR) is 79.2 cm³/mol. The molecule has 0 aliphatic rings. The highest BCUT2D eigenvalue weighted by Gasteiger charge is 2.11. The maximum atomic E-state index is 10.4. The molecule has 0 saturated heterocycles. The summed E-state index contributed by atoms with van der Waals surface area (Å²) < 4.78 is 0. The molecule has 0 fully saturated rings. The third kappa shape index (κ3) is 13.4. The second-order valence-corrected chi connectivity index (χ2v) is 5.17. The standard InChI is InChI=1S/C16H30O3/c1-2-3-4-5-6-7-8-9-10-11-12-13-14-15(17)16(18)19/h7-8,15,17H,2-6,9-14H2,1H3,(H,18,19). The van der Waals surface area contributed by atoms with Gasteiger partial charge in [0.2, 0.25) is 0 Å². The zero-order valence-electron chi connectivity index (χ0n) is 12.3. The van der Waals surface area contributed by atoms with Crippen molar-refractivity contribution in [2.24, 2.45) is 0 Å². The maximum Gasteiger partial charge on any atom is 0.332 e. The monoisotopic (exact) mass is 270 g/mol. The van der Waals surface area contributed by atoms with Crippen molar-refractivity contribution in [1.82, 2.24) is 0 Å². The van der Waals surface area contributed by atoms with Gasteiger partial charge in [-0.1, -0.05) is 57.6 Å². The molecule has 0 bridgehead atoms. The lowest BCUT2D eigenvalue weighted by Crippen LogP contribution is -2.18. The van der Waals surface area contributed by atoms with Crippen molar-refractivity contribution in [3.63, 3.8) is 0 Å². The van der Waals surface area contributed by atoms with Crippen molar-refractivity contribution < 1.29 is 15.0 Å². The summed E-state index contributed by atoms with van der Waals surface area (Å²) in [5.74, 6) is -1.11. The van der Waals surface area contributed by atoms with Crippen molar-refractivity contribution >= 4 is 5.97 Å². The third-order valence-electron chi connectivity index (χ3n) is 3.27. The second kappa shape index (κ2) is 13.6. The molecule has 1 atom stereocenters. The van der Waals surface area contributed by atoms with E-state index < -0.39 is 12.1 Å². The number of carboxylic acid groups (broad SMARTS) is 1. The van der Waals surface area contributed by atoms with Crippen LogP contribution in [0.15, 0.2) is 12.2 Å². The molecule has 0 aromatic carbocycles. The molecule has 0 aliphatic heterocycles. The van der Waals surface area contributed by atoms with E-state index in [-0.39, 0.29) is 0 Å². The van der Waals surface area contributed by atoms with Gasteiger partial charge in [-0.3, -0.25) is 0 Å². The Kier molecular flexibility index (Phi) is 13.0. The number of aliphatic hydroxyl groups excluding tert-OH is 1. The number of rotatable bonds is 13. The minimum atomic E-state index is -1.18. The minimum absolute atomic E-state index is 0.378. The average molecular weight is 270 g/mol. The zero-order chi connectivity index (χ0) is 14.3. The number of aliphatic carboxylic acids is 1. The number of carboxylic acids is 1. The Morgan fingerprint density at radius 3 is 2.00 bits per heavy atom. The molecule has 3 heteroatoms. The van der Waals surface area contributed by atoms with Crippen LogP contribution in [0.4, 0.5) is 0 Å². The number of carbonyl (C=O) groups is 1. The molecule has 0 aromatic heterocycles. The maximum absolute atomic E-state index is 10.4. The fourth-order valence-corrected chi connectivity index (χ4v) is 2.00. The van der Waals surface area contributed by atoms with Crippen LogP contribution < -0.4 is 0 Å². The Morgan fingerprint density at radius 1 is 0.947 bits per heavy atom. The van der Waals surface area contributed by atoms with Crippen LogP contribution in [0.25, 0.3) is 0 Å². The molecule has 0 spiro atoms. The van der Waals surface area contributed by atoms with Crippen molar-refractivity contribution in [2.45, 2.75) is 83.7 Å². The number of hydrogen-bond acceptors (Lipinski definition) is 2. The SMILES string of the molecule is CCCCCCC=CCCCCCCC(O)C(=O)O. The van der Waals surface area contributed by atoms with Crippen molar-refractivity contribution in [1.29, 1.82) is 0 Å². The van der Waals surface area contributed by atoms with Crippen LogP contribution in [0.5, 0.6) is 0 Å². The van der Waals surface area contributed by atoms with Crippen LogP contribution in [0, 0.1) is 0 Å². The fourth-order valence-electron chi connectivity index (χ4n) is 2.00. The third-order valence-corrected chi connectivity index (χ3v) is 3.27. The molecular weight excluding hydrogens is 240 g/mol. The Balaban J connectivity index is 3.18. The average Bonchev–Trinajstić information content (AvgIpc) is 2.39. The molecule has 0 aliphatic carbocycles. The highest BCUT2D eigenvalue weighted by molar-refractivity contribution is 5.71. The van der Waals surface area contributed by atoms with Gasteiger partial charge < -0.3 is 10.2 Å². The largest absolute Gasteiger partial charge is 0.479 e. The molecule has 2 N–H and O–H groups in total. The summed E-state index contributed by atoms with van der Waals surface area (Å²) in [5.41, 5.74) is 0. The van der Waals surface area contributed by atoms with E-state index in [2.05, 4.69) is 19.1 Å². The summed E-state index contributed by atoms with van der Waals surface area (Å²) in [5, 5.41) is 17.6. The molecule has 0 saturated carbocycles. The summed E-state index contributed by atoms with van der Waals surface area (Å²) in [6.45, 7) is 2.23. The molecule has 19 heavy (non-hydrogen) atoms. The van der Waals surface area contributed by atoms with E-state index in [9.17, 15) is 4.79 Å². The van der Waals surface area contributed by atoms with Gasteiger partial charge in [0.05, 0.1) is 0 Å². The van der Waals surface area contributed by atoms with Crippen LogP contribution in [0.3, 0.4) is 0 Å². The summed E-state index contributed by atoms with van der Waals surface area (Å²) in [4.78, 5) is 10.4. The van der Waals surface area contributed by atoms with E-state index in [0.717, 1.165) is 32.1 Å². The lowest BCUT2D eigenvalue weighted by atomic mass is 10.1. The molecule has 0 rings (SSSR count). The van der Waals surface area contributed by atoms with E-state index in [1.54, 1.807) is 0 Å². The van der Waals surface area contributed by atoms with Crippen molar-refractivity contribution in [2.75, 3.05) is 0 Å². The second-order valence-electron chi connectivity index (χ2n) is 5.17. The van der Waals surface area contributed by atoms with Gasteiger partial charge >= 0.3 is 5.97 Å². The topological polar surface area (TPSA) is 57.5 Å². The summed E-state index contributed by atoms with van der Waals surface area (Å²) in [7, 11) is 0. The van der Waals surface area contributed by atoms with Gasteiger partial charge in [0.15, 0.2) is 6.10 Å². The molecule has 0 aromatic rings. The minimum Gasteiger partial charge on any atom is -0.479 e. The summed E-state index contributed by atoms with van der Waals surface area (Å²) >= 11 is 0. The normalized spacial score (nSPS) is 12.9. The van der Waals surface area contributed by atoms with Crippen molar-refractivity contribution in [3.8, 4) is 0 Å². The van der Waals surface area contributed by atoms with Crippen LogP contribution in [0.2, 0.25) is 0 Å². The molecule has 0 heterocycles. The van der Waals surface area contributed by atoms with Crippen LogP contribution in [-0.4, -0.2) is 22.3 Å². The van der Waals surface area contributed by atoms with E-state index in [0.29, 0.717) is 6.42 Å². The first kappa shape index (κ1) is 18.2. The number of aliphatic hydroxyl groups is 1. The van der Waals surface area contributed by atoms with Crippen molar-refractivity contribution in [3.05, 3.63) is 12.2 Å². The summed E-state index contributed by atoms with van der Waals surface area (Å²) in [6.07, 6.45) is 15.4. The summed E-state index contributed by atoms with van der Waals surface area (Å²) in [6, 6.07) is 0. The van der Waals surface area contributed by atoms with E-state index in [4.69, 9.17) is 10.2 Å². The van der Waals surface area contributed by atoms with Gasteiger partial charge in [-0.05, 0) is 32.1 Å².